The van der Waals surface area contributed by atoms with Gasteiger partial charge in [-0.25, -0.2) is 0 Å². The van der Waals surface area contributed by atoms with Gasteiger partial charge in [-0.05, 0) is 17.2 Å². The molecule has 1 aromatic carbocycles. The van der Waals surface area contributed by atoms with Gasteiger partial charge in [0.15, 0.2) is 0 Å². The van der Waals surface area contributed by atoms with E-state index in [-0.39, 0.29) is 5.56 Å². The summed E-state index contributed by atoms with van der Waals surface area (Å²) in [5.41, 5.74) is 2.80. The molecule has 0 radical (unpaired) electrons. The molecule has 2 rings (SSSR count). The van der Waals surface area contributed by atoms with Crippen LogP contribution in [-0.4, -0.2) is 4.98 Å². The van der Waals surface area contributed by atoms with Crippen molar-refractivity contribution in [2.24, 2.45) is 0 Å². The van der Waals surface area contributed by atoms with Crippen molar-refractivity contribution < 1.29 is 0 Å². The molecule has 0 aliphatic carbocycles. The lowest BCUT2D eigenvalue weighted by Gasteiger charge is -2.02. The molecule has 15 heavy (non-hydrogen) atoms. The summed E-state index contributed by atoms with van der Waals surface area (Å²) < 4.78 is 0. The monoisotopic (exact) mass is 263 g/mol. The Bertz CT molecular complexity index is 505. The fourth-order valence-corrected chi connectivity index (χ4v) is 1.77. The zero-order valence-electron chi connectivity index (χ0n) is 8.03. The Morgan fingerprint density at radius 1 is 1.13 bits per heavy atom. The third kappa shape index (κ3) is 2.36. The van der Waals surface area contributed by atoms with E-state index in [4.69, 9.17) is 0 Å². The number of aromatic nitrogens is 1. The highest BCUT2D eigenvalue weighted by molar-refractivity contribution is 9.08. The molecule has 2 nitrogen and oxygen atoms in total. The van der Waals surface area contributed by atoms with Gasteiger partial charge >= 0.3 is 0 Å². The van der Waals surface area contributed by atoms with Crippen LogP contribution in [0.1, 0.15) is 5.56 Å². The van der Waals surface area contributed by atoms with Gasteiger partial charge in [0.1, 0.15) is 0 Å². The number of aromatic amines is 1. The SMILES string of the molecule is O=c1cc(CBr)cc(-c2ccccc2)[nH]1. The number of rotatable bonds is 2. The minimum absolute atomic E-state index is 0.0641. The average Bonchev–Trinajstić information content (AvgIpc) is 2.29. The second-order valence-electron chi connectivity index (χ2n) is 3.27. The Kier molecular flexibility index (Phi) is 3.02. The molecule has 0 bridgehead atoms. The van der Waals surface area contributed by atoms with Crippen LogP contribution < -0.4 is 5.56 Å². The van der Waals surface area contributed by atoms with Crippen molar-refractivity contribution in [1.82, 2.24) is 4.98 Å². The Hall–Kier alpha value is -1.35. The van der Waals surface area contributed by atoms with Crippen molar-refractivity contribution in [3.63, 3.8) is 0 Å². The lowest BCUT2D eigenvalue weighted by molar-refractivity contribution is 1.21. The summed E-state index contributed by atoms with van der Waals surface area (Å²) in [5, 5.41) is 0.691. The number of halogens is 1. The van der Waals surface area contributed by atoms with Crippen molar-refractivity contribution in [3.8, 4) is 11.3 Å². The summed E-state index contributed by atoms with van der Waals surface area (Å²) in [5.74, 6) is 0. The molecule has 0 unspecified atom stereocenters. The fourth-order valence-electron chi connectivity index (χ4n) is 1.45. The van der Waals surface area contributed by atoms with E-state index in [2.05, 4.69) is 20.9 Å². The quantitative estimate of drug-likeness (QED) is 0.831. The molecule has 0 aliphatic rings. The number of hydrogen-bond acceptors (Lipinski definition) is 1. The highest BCUT2D eigenvalue weighted by Crippen LogP contribution is 2.16. The maximum absolute atomic E-state index is 11.4. The molecular weight excluding hydrogens is 254 g/mol. The maximum Gasteiger partial charge on any atom is 0.248 e. The smallest absolute Gasteiger partial charge is 0.248 e. The van der Waals surface area contributed by atoms with Gasteiger partial charge in [-0.3, -0.25) is 4.79 Å². The number of alkyl halides is 1. The molecule has 1 heterocycles. The maximum atomic E-state index is 11.4. The summed E-state index contributed by atoms with van der Waals surface area (Å²) in [6, 6.07) is 13.4. The molecule has 0 fully saturated rings. The standard InChI is InChI=1S/C12H10BrNO/c13-8-9-6-11(14-12(15)7-9)10-4-2-1-3-5-10/h1-7H,8H2,(H,14,15). The molecule has 0 saturated heterocycles. The molecule has 3 heteroatoms. The summed E-state index contributed by atoms with van der Waals surface area (Å²) >= 11 is 3.35. The second-order valence-corrected chi connectivity index (χ2v) is 3.83. The number of benzene rings is 1. The van der Waals surface area contributed by atoms with Crippen molar-refractivity contribution in [2.45, 2.75) is 5.33 Å². The molecule has 0 aliphatic heterocycles. The lowest BCUT2D eigenvalue weighted by atomic mass is 10.1. The second kappa shape index (κ2) is 4.45. The minimum Gasteiger partial charge on any atom is -0.322 e. The van der Waals surface area contributed by atoms with Gasteiger partial charge in [-0.2, -0.15) is 0 Å². The van der Waals surface area contributed by atoms with Gasteiger partial charge in [-0.1, -0.05) is 46.3 Å². The molecule has 0 saturated carbocycles. The van der Waals surface area contributed by atoms with Gasteiger partial charge in [-0.15, -0.1) is 0 Å². The number of H-pyrrole nitrogens is 1. The van der Waals surface area contributed by atoms with Crippen LogP contribution in [0.2, 0.25) is 0 Å². The fraction of sp³-hybridized carbons (Fsp3) is 0.0833. The zero-order valence-corrected chi connectivity index (χ0v) is 9.62. The van der Waals surface area contributed by atoms with Crippen LogP contribution in [0.4, 0.5) is 0 Å². The van der Waals surface area contributed by atoms with E-state index in [9.17, 15) is 4.79 Å². The normalized spacial score (nSPS) is 10.2. The Morgan fingerprint density at radius 3 is 2.53 bits per heavy atom. The predicted molar refractivity (Wildman–Crippen MR) is 65.1 cm³/mol. The van der Waals surface area contributed by atoms with Crippen LogP contribution in [0.25, 0.3) is 11.3 Å². The van der Waals surface area contributed by atoms with Gasteiger partial charge in [0.05, 0.1) is 0 Å². The zero-order chi connectivity index (χ0) is 10.7. The Labute approximate surface area is 96.1 Å². The third-order valence-corrected chi connectivity index (χ3v) is 2.79. The highest BCUT2D eigenvalue weighted by Gasteiger charge is 2.00. The Morgan fingerprint density at radius 2 is 1.87 bits per heavy atom. The van der Waals surface area contributed by atoms with Crippen LogP contribution >= 0.6 is 15.9 Å². The van der Waals surface area contributed by atoms with Crippen LogP contribution in [-0.2, 0) is 5.33 Å². The summed E-state index contributed by atoms with van der Waals surface area (Å²) in [4.78, 5) is 14.2. The molecular formula is C12H10BrNO. The molecule has 2 aromatic rings. The third-order valence-electron chi connectivity index (χ3n) is 2.14. The van der Waals surface area contributed by atoms with Crippen LogP contribution in [0.3, 0.4) is 0 Å². The van der Waals surface area contributed by atoms with E-state index in [0.717, 1.165) is 16.8 Å². The van der Waals surface area contributed by atoms with E-state index < -0.39 is 0 Å². The molecule has 76 valence electrons. The van der Waals surface area contributed by atoms with Crippen LogP contribution in [0, 0.1) is 0 Å². The lowest BCUT2D eigenvalue weighted by Crippen LogP contribution is -2.06. The number of pyridine rings is 1. The first-order valence-electron chi connectivity index (χ1n) is 4.64. The van der Waals surface area contributed by atoms with Crippen LogP contribution in [0.15, 0.2) is 47.3 Å². The van der Waals surface area contributed by atoms with Crippen molar-refractivity contribution in [1.29, 1.82) is 0 Å². The van der Waals surface area contributed by atoms with Crippen LogP contribution in [0.5, 0.6) is 0 Å². The van der Waals surface area contributed by atoms with Gasteiger partial charge in [0.25, 0.3) is 0 Å². The number of hydrogen-bond donors (Lipinski definition) is 1. The van der Waals surface area contributed by atoms with Crippen molar-refractivity contribution in [2.75, 3.05) is 0 Å². The van der Waals surface area contributed by atoms with Gasteiger partial charge in [0.2, 0.25) is 5.56 Å². The first kappa shape index (κ1) is 10.2. The van der Waals surface area contributed by atoms with Gasteiger partial charge < -0.3 is 4.98 Å². The van der Waals surface area contributed by atoms with E-state index in [1.807, 2.05) is 36.4 Å². The molecule has 0 spiro atoms. The largest absolute Gasteiger partial charge is 0.322 e. The first-order chi connectivity index (χ1) is 7.29. The molecule has 0 amide bonds. The number of nitrogens with one attached hydrogen (secondary N) is 1. The van der Waals surface area contributed by atoms with E-state index in [0.29, 0.717) is 5.33 Å². The van der Waals surface area contributed by atoms with Crippen molar-refractivity contribution in [3.05, 3.63) is 58.4 Å². The van der Waals surface area contributed by atoms with E-state index in [1.54, 1.807) is 6.07 Å². The van der Waals surface area contributed by atoms with Gasteiger partial charge in [0, 0.05) is 17.1 Å². The Balaban J connectivity index is 2.54. The molecule has 1 aromatic heterocycles. The van der Waals surface area contributed by atoms with E-state index >= 15 is 0 Å². The molecule has 0 atom stereocenters. The van der Waals surface area contributed by atoms with E-state index in [1.165, 1.54) is 0 Å². The minimum atomic E-state index is -0.0641. The first-order valence-corrected chi connectivity index (χ1v) is 5.76. The predicted octanol–water partition coefficient (Wildman–Crippen LogP) is 2.94. The highest BCUT2D eigenvalue weighted by atomic mass is 79.9. The summed E-state index contributed by atoms with van der Waals surface area (Å²) in [6.07, 6.45) is 0. The summed E-state index contributed by atoms with van der Waals surface area (Å²) in [7, 11) is 0. The average molecular weight is 264 g/mol. The van der Waals surface area contributed by atoms with Crippen molar-refractivity contribution >= 4 is 15.9 Å². The summed E-state index contributed by atoms with van der Waals surface area (Å²) in [6.45, 7) is 0. The topological polar surface area (TPSA) is 32.9 Å². The molecule has 1 N–H and O–H groups in total.